The number of benzene rings is 4. The molecule has 1 spiro atoms. The molecule has 0 saturated heterocycles. The number of rotatable bonds is 1. The van der Waals surface area contributed by atoms with Gasteiger partial charge in [-0.3, -0.25) is 0 Å². The third-order valence-corrected chi connectivity index (χ3v) is 10.7. The highest BCUT2D eigenvalue weighted by Gasteiger charge is 2.64. The van der Waals surface area contributed by atoms with Gasteiger partial charge in [-0.2, -0.15) is 4.57 Å². The standard InChI is InChI=1S/C39H27N4/c1-3-12-28-24(10-1)20-26-22-27-21-25-11-2-4-13-29(25)43-32-16-9-15-31-36(32)39(23-41(31)33-17-5-7-18-40-33)37(38(27)43)34(26)35(28)30-14-6-8-19-42(30)39/h1-19,22,35H,20-21,23H2/q+1. The minimum absolute atomic E-state index is 0.198. The monoisotopic (exact) mass is 551 g/mol. The van der Waals surface area contributed by atoms with Gasteiger partial charge in [0, 0.05) is 30.4 Å². The topological polar surface area (TPSA) is 23.2 Å². The SMILES string of the molecule is c1ccc(N2CC34c5c2cccc5N2c5ccccc5Cc5cc6c(c3c52)C(c2ccccc2C6)c2cccc[n+]24)nc1. The lowest BCUT2D eigenvalue weighted by Gasteiger charge is -2.48. The Morgan fingerprint density at radius 2 is 1.47 bits per heavy atom. The lowest BCUT2D eigenvalue weighted by molar-refractivity contribution is -0.749. The van der Waals surface area contributed by atoms with Crippen LogP contribution < -0.4 is 14.4 Å². The summed E-state index contributed by atoms with van der Waals surface area (Å²) >= 11 is 0. The molecule has 0 N–H and O–H groups in total. The van der Waals surface area contributed by atoms with E-state index in [0.717, 1.165) is 25.2 Å². The molecule has 0 amide bonds. The zero-order valence-corrected chi connectivity index (χ0v) is 23.5. The molecule has 1 aliphatic carbocycles. The van der Waals surface area contributed by atoms with E-state index in [9.17, 15) is 0 Å². The summed E-state index contributed by atoms with van der Waals surface area (Å²) in [6, 6.07) is 40.7. The van der Waals surface area contributed by atoms with E-state index in [-0.39, 0.29) is 11.5 Å². The van der Waals surface area contributed by atoms with Crippen molar-refractivity contribution in [1.29, 1.82) is 0 Å². The molecule has 11 rings (SSSR count). The van der Waals surface area contributed by atoms with E-state index in [1.165, 1.54) is 73.0 Å². The number of para-hydroxylation sites is 1. The predicted octanol–water partition coefficient (Wildman–Crippen LogP) is 7.40. The molecule has 4 heteroatoms. The van der Waals surface area contributed by atoms with E-state index >= 15 is 0 Å². The number of aromatic nitrogens is 2. The maximum atomic E-state index is 4.89. The Bertz CT molecular complexity index is 2180. The first-order chi connectivity index (χ1) is 21.3. The van der Waals surface area contributed by atoms with Crippen molar-refractivity contribution < 1.29 is 4.57 Å². The maximum Gasteiger partial charge on any atom is 0.242 e. The van der Waals surface area contributed by atoms with Crippen molar-refractivity contribution in [1.82, 2.24) is 4.98 Å². The van der Waals surface area contributed by atoms with Gasteiger partial charge in [-0.1, -0.05) is 66.7 Å². The minimum atomic E-state index is -0.374. The van der Waals surface area contributed by atoms with Gasteiger partial charge >= 0.3 is 0 Å². The van der Waals surface area contributed by atoms with Crippen LogP contribution in [0.5, 0.6) is 0 Å². The molecule has 2 aromatic heterocycles. The van der Waals surface area contributed by atoms with Gasteiger partial charge in [0.1, 0.15) is 5.82 Å². The van der Waals surface area contributed by atoms with Gasteiger partial charge in [0.2, 0.25) is 5.54 Å². The van der Waals surface area contributed by atoms with Crippen LogP contribution in [0, 0.1) is 0 Å². The minimum Gasteiger partial charge on any atom is -0.318 e. The molecule has 202 valence electrons. The van der Waals surface area contributed by atoms with E-state index in [2.05, 4.69) is 124 Å². The van der Waals surface area contributed by atoms with E-state index in [0.29, 0.717) is 0 Å². The smallest absolute Gasteiger partial charge is 0.242 e. The van der Waals surface area contributed by atoms with E-state index in [1.807, 2.05) is 12.3 Å². The quantitative estimate of drug-likeness (QED) is 0.199. The number of fused-ring (bicyclic) bond motifs is 7. The molecular formula is C39H27N4+. The molecule has 4 aromatic carbocycles. The van der Waals surface area contributed by atoms with Crippen LogP contribution in [-0.2, 0) is 18.4 Å². The van der Waals surface area contributed by atoms with Crippen LogP contribution in [0.15, 0.2) is 122 Å². The number of pyridine rings is 2. The third-order valence-electron chi connectivity index (χ3n) is 10.7. The molecule has 6 aromatic rings. The first-order valence-corrected chi connectivity index (χ1v) is 15.3. The van der Waals surface area contributed by atoms with E-state index in [1.54, 1.807) is 0 Å². The molecular weight excluding hydrogens is 524 g/mol. The van der Waals surface area contributed by atoms with Gasteiger partial charge in [-0.25, -0.2) is 4.98 Å². The van der Waals surface area contributed by atoms with Crippen molar-refractivity contribution in [2.45, 2.75) is 24.3 Å². The van der Waals surface area contributed by atoms with Crippen molar-refractivity contribution in [2.75, 3.05) is 16.3 Å². The molecule has 5 aliphatic rings. The second-order valence-corrected chi connectivity index (χ2v) is 12.6. The van der Waals surface area contributed by atoms with Crippen LogP contribution in [0.25, 0.3) is 0 Å². The first kappa shape index (κ1) is 22.4. The van der Waals surface area contributed by atoms with Gasteiger partial charge in [0.05, 0.1) is 40.7 Å². The Balaban J connectivity index is 1.34. The van der Waals surface area contributed by atoms with Gasteiger partial charge in [0.15, 0.2) is 11.9 Å². The molecule has 43 heavy (non-hydrogen) atoms. The average molecular weight is 552 g/mol. The Morgan fingerprint density at radius 3 is 2.40 bits per heavy atom. The molecule has 6 heterocycles. The molecule has 0 bridgehead atoms. The largest absolute Gasteiger partial charge is 0.318 e. The zero-order valence-electron chi connectivity index (χ0n) is 23.5. The third kappa shape index (κ3) is 2.52. The van der Waals surface area contributed by atoms with Gasteiger partial charge in [0.25, 0.3) is 0 Å². The molecule has 2 unspecified atom stereocenters. The number of hydrogen-bond acceptors (Lipinski definition) is 3. The van der Waals surface area contributed by atoms with Crippen LogP contribution in [0.4, 0.5) is 28.6 Å². The molecule has 0 fully saturated rings. The summed E-state index contributed by atoms with van der Waals surface area (Å²) in [5.41, 5.74) is 17.9. The average Bonchev–Trinajstić information content (AvgIpc) is 3.42. The number of anilines is 5. The Labute approximate surface area is 250 Å². The molecule has 4 aliphatic heterocycles. The van der Waals surface area contributed by atoms with Gasteiger partial charge in [-0.05, 0) is 70.1 Å². The summed E-state index contributed by atoms with van der Waals surface area (Å²) in [7, 11) is 0. The molecule has 4 nitrogen and oxygen atoms in total. The Hall–Kier alpha value is -5.22. The summed E-state index contributed by atoms with van der Waals surface area (Å²) in [6.45, 7) is 0.810. The zero-order chi connectivity index (χ0) is 27.9. The fourth-order valence-corrected chi connectivity index (χ4v) is 9.22. The van der Waals surface area contributed by atoms with E-state index in [4.69, 9.17) is 4.98 Å². The van der Waals surface area contributed by atoms with Gasteiger partial charge in [-0.15, -0.1) is 0 Å². The van der Waals surface area contributed by atoms with Crippen molar-refractivity contribution in [2.24, 2.45) is 0 Å². The van der Waals surface area contributed by atoms with Crippen LogP contribution in [0.2, 0.25) is 0 Å². The molecule has 2 atom stereocenters. The highest BCUT2D eigenvalue weighted by Crippen LogP contribution is 2.65. The van der Waals surface area contributed by atoms with Crippen molar-refractivity contribution in [3.05, 3.63) is 172 Å². The van der Waals surface area contributed by atoms with Gasteiger partial charge < -0.3 is 9.80 Å². The van der Waals surface area contributed by atoms with Crippen LogP contribution in [0.1, 0.15) is 56.1 Å². The lowest BCUT2D eigenvalue weighted by atomic mass is 9.63. The normalized spacial score (nSPS) is 20.5. The fourth-order valence-electron chi connectivity index (χ4n) is 9.22. The van der Waals surface area contributed by atoms with Crippen molar-refractivity contribution >= 4 is 28.6 Å². The van der Waals surface area contributed by atoms with Crippen molar-refractivity contribution in [3.63, 3.8) is 0 Å². The predicted molar refractivity (Wildman–Crippen MR) is 168 cm³/mol. The molecule has 0 radical (unpaired) electrons. The summed E-state index contributed by atoms with van der Waals surface area (Å²) in [5, 5.41) is 0. The lowest BCUT2D eigenvalue weighted by Crippen LogP contribution is -2.66. The second-order valence-electron chi connectivity index (χ2n) is 12.6. The van der Waals surface area contributed by atoms with Crippen LogP contribution in [-0.4, -0.2) is 11.5 Å². The summed E-state index contributed by atoms with van der Waals surface area (Å²) in [4.78, 5) is 9.97. The summed E-state index contributed by atoms with van der Waals surface area (Å²) in [5.74, 6) is 1.20. The maximum absolute atomic E-state index is 4.89. The number of nitrogens with zero attached hydrogens (tertiary/aromatic N) is 4. The van der Waals surface area contributed by atoms with Crippen molar-refractivity contribution in [3.8, 4) is 0 Å². The Morgan fingerprint density at radius 1 is 0.674 bits per heavy atom. The first-order valence-electron chi connectivity index (χ1n) is 15.3. The second kappa shape index (κ2) is 7.59. The summed E-state index contributed by atoms with van der Waals surface area (Å²) in [6.07, 6.45) is 6.20. The van der Waals surface area contributed by atoms with E-state index < -0.39 is 0 Å². The highest BCUT2D eigenvalue weighted by atomic mass is 15.3. The van der Waals surface area contributed by atoms with Crippen LogP contribution >= 0.6 is 0 Å². The molecule has 0 saturated carbocycles. The Kier molecular flexibility index (Phi) is 3.95. The summed E-state index contributed by atoms with van der Waals surface area (Å²) < 4.78 is 2.65. The number of hydrogen-bond donors (Lipinski definition) is 0. The van der Waals surface area contributed by atoms with Crippen LogP contribution in [0.3, 0.4) is 0 Å². The fraction of sp³-hybridized carbons (Fsp3) is 0.128. The highest BCUT2D eigenvalue weighted by molar-refractivity contribution is 5.97.